The van der Waals surface area contributed by atoms with Crippen LogP contribution in [0.1, 0.15) is 22.6 Å². The smallest absolute Gasteiger partial charge is 0.231 e. The SMILES string of the molecule is O=C(Nc1ncc(Cc2ccc(Cl)cc2)s1)[C@H]1CC(=O)N(Cc2ccco2)C1. The minimum atomic E-state index is -0.383. The lowest BCUT2D eigenvalue weighted by Gasteiger charge is -2.14. The topological polar surface area (TPSA) is 75.4 Å². The Labute approximate surface area is 171 Å². The van der Waals surface area contributed by atoms with E-state index < -0.39 is 0 Å². The molecule has 0 radical (unpaired) electrons. The first-order valence-electron chi connectivity index (χ1n) is 8.87. The molecule has 2 aromatic heterocycles. The van der Waals surface area contributed by atoms with E-state index in [0.29, 0.717) is 29.0 Å². The van der Waals surface area contributed by atoms with E-state index in [9.17, 15) is 9.59 Å². The Kier molecular flexibility index (Phi) is 5.45. The molecule has 1 fully saturated rings. The Balaban J connectivity index is 1.33. The van der Waals surface area contributed by atoms with Crippen LogP contribution in [-0.2, 0) is 22.6 Å². The van der Waals surface area contributed by atoms with Crippen molar-refractivity contribution in [2.45, 2.75) is 19.4 Å². The fourth-order valence-corrected chi connectivity index (χ4v) is 4.12. The fraction of sp³-hybridized carbons (Fsp3) is 0.250. The minimum Gasteiger partial charge on any atom is -0.467 e. The number of likely N-dealkylation sites (tertiary alicyclic amines) is 1. The number of rotatable bonds is 6. The maximum Gasteiger partial charge on any atom is 0.231 e. The number of hydrogen-bond acceptors (Lipinski definition) is 5. The predicted octanol–water partition coefficient (Wildman–Crippen LogP) is 3.97. The Hall–Kier alpha value is -2.64. The number of nitrogens with zero attached hydrogens (tertiary/aromatic N) is 2. The number of furan rings is 1. The Morgan fingerprint density at radius 3 is 2.89 bits per heavy atom. The molecule has 1 atom stereocenters. The third-order valence-electron chi connectivity index (χ3n) is 4.59. The third kappa shape index (κ3) is 4.43. The summed E-state index contributed by atoms with van der Waals surface area (Å²) < 4.78 is 5.28. The highest BCUT2D eigenvalue weighted by atomic mass is 35.5. The van der Waals surface area contributed by atoms with E-state index in [1.807, 2.05) is 30.3 Å². The van der Waals surface area contributed by atoms with Crippen molar-refractivity contribution in [3.8, 4) is 0 Å². The maximum absolute atomic E-state index is 12.6. The van der Waals surface area contributed by atoms with Gasteiger partial charge in [0.25, 0.3) is 0 Å². The molecular formula is C20H18ClN3O3S. The van der Waals surface area contributed by atoms with Crippen LogP contribution >= 0.6 is 22.9 Å². The number of amides is 2. The molecule has 2 amide bonds. The summed E-state index contributed by atoms with van der Waals surface area (Å²) in [6, 6.07) is 11.2. The van der Waals surface area contributed by atoms with Gasteiger partial charge in [0.1, 0.15) is 5.76 Å². The molecule has 1 N–H and O–H groups in total. The molecule has 1 aliphatic rings. The van der Waals surface area contributed by atoms with Gasteiger partial charge in [-0.3, -0.25) is 9.59 Å². The highest BCUT2D eigenvalue weighted by molar-refractivity contribution is 7.15. The summed E-state index contributed by atoms with van der Waals surface area (Å²) in [5.41, 5.74) is 1.13. The lowest BCUT2D eigenvalue weighted by Crippen LogP contribution is -2.27. The average Bonchev–Trinajstić information content (AvgIpc) is 3.41. The zero-order chi connectivity index (χ0) is 19.5. The molecule has 1 aliphatic heterocycles. The van der Waals surface area contributed by atoms with Crippen molar-refractivity contribution >= 4 is 39.9 Å². The number of carbonyl (C=O) groups excluding carboxylic acids is 2. The van der Waals surface area contributed by atoms with E-state index in [1.54, 1.807) is 23.4 Å². The van der Waals surface area contributed by atoms with Crippen molar-refractivity contribution in [1.82, 2.24) is 9.88 Å². The molecule has 6 nitrogen and oxygen atoms in total. The molecular weight excluding hydrogens is 398 g/mol. The lowest BCUT2D eigenvalue weighted by atomic mass is 10.1. The van der Waals surface area contributed by atoms with E-state index in [-0.39, 0.29) is 24.2 Å². The van der Waals surface area contributed by atoms with Gasteiger partial charge in [-0.2, -0.15) is 0 Å². The number of nitrogens with one attached hydrogen (secondary N) is 1. The second-order valence-corrected chi connectivity index (χ2v) is 8.23. The predicted molar refractivity (Wildman–Crippen MR) is 107 cm³/mol. The van der Waals surface area contributed by atoms with Gasteiger partial charge in [-0.25, -0.2) is 4.98 Å². The molecule has 0 bridgehead atoms. The molecule has 0 spiro atoms. The van der Waals surface area contributed by atoms with Crippen molar-refractivity contribution < 1.29 is 14.0 Å². The van der Waals surface area contributed by atoms with Crippen LogP contribution in [0, 0.1) is 5.92 Å². The summed E-state index contributed by atoms with van der Waals surface area (Å²) in [6.07, 6.45) is 4.27. The van der Waals surface area contributed by atoms with Crippen molar-refractivity contribution in [1.29, 1.82) is 0 Å². The van der Waals surface area contributed by atoms with Gasteiger partial charge in [-0.1, -0.05) is 23.7 Å². The molecule has 3 aromatic rings. The Morgan fingerprint density at radius 1 is 1.32 bits per heavy atom. The van der Waals surface area contributed by atoms with Crippen LogP contribution in [0.15, 0.2) is 53.3 Å². The fourth-order valence-electron chi connectivity index (χ4n) is 3.15. The maximum atomic E-state index is 12.6. The molecule has 3 heterocycles. The lowest BCUT2D eigenvalue weighted by molar-refractivity contribution is -0.128. The van der Waals surface area contributed by atoms with Crippen LogP contribution in [0.5, 0.6) is 0 Å². The minimum absolute atomic E-state index is 0.0425. The molecule has 0 aliphatic carbocycles. The van der Waals surface area contributed by atoms with Crippen molar-refractivity contribution in [2.24, 2.45) is 5.92 Å². The summed E-state index contributed by atoms with van der Waals surface area (Å²) >= 11 is 7.34. The number of halogens is 1. The van der Waals surface area contributed by atoms with Crippen LogP contribution in [0.3, 0.4) is 0 Å². The van der Waals surface area contributed by atoms with Gasteiger partial charge in [-0.05, 0) is 29.8 Å². The zero-order valence-corrected chi connectivity index (χ0v) is 16.5. The van der Waals surface area contributed by atoms with Gasteiger partial charge in [0.15, 0.2) is 5.13 Å². The number of benzene rings is 1. The van der Waals surface area contributed by atoms with E-state index in [1.165, 1.54) is 11.3 Å². The standard InChI is InChI=1S/C20H18ClN3O3S/c21-15-5-3-13(4-6-15)8-17-10-22-20(28-17)23-19(26)14-9-18(25)24(11-14)12-16-2-1-7-27-16/h1-7,10,14H,8-9,11-12H2,(H,22,23,26)/t14-/m0/s1. The first kappa shape index (κ1) is 18.7. The Morgan fingerprint density at radius 2 is 2.14 bits per heavy atom. The van der Waals surface area contributed by atoms with Crippen LogP contribution in [-0.4, -0.2) is 28.2 Å². The first-order chi connectivity index (χ1) is 13.6. The molecule has 0 saturated carbocycles. The van der Waals surface area contributed by atoms with E-state index >= 15 is 0 Å². The Bertz CT molecular complexity index is 969. The van der Waals surface area contributed by atoms with Gasteiger partial charge >= 0.3 is 0 Å². The van der Waals surface area contributed by atoms with Crippen LogP contribution < -0.4 is 5.32 Å². The van der Waals surface area contributed by atoms with Gasteiger partial charge in [-0.15, -0.1) is 11.3 Å². The summed E-state index contributed by atoms with van der Waals surface area (Å²) in [4.78, 5) is 31.7. The number of anilines is 1. The second kappa shape index (κ2) is 8.16. The van der Waals surface area contributed by atoms with Crippen molar-refractivity contribution in [3.05, 3.63) is 70.1 Å². The van der Waals surface area contributed by atoms with Crippen LogP contribution in [0.4, 0.5) is 5.13 Å². The molecule has 8 heteroatoms. The number of thiazole rings is 1. The van der Waals surface area contributed by atoms with Gasteiger partial charge in [0.05, 0.1) is 18.7 Å². The van der Waals surface area contributed by atoms with Gasteiger partial charge in [0.2, 0.25) is 11.8 Å². The van der Waals surface area contributed by atoms with Crippen LogP contribution in [0.25, 0.3) is 0 Å². The highest BCUT2D eigenvalue weighted by Crippen LogP contribution is 2.25. The van der Waals surface area contributed by atoms with Crippen molar-refractivity contribution in [2.75, 3.05) is 11.9 Å². The summed E-state index contributed by atoms with van der Waals surface area (Å²) in [6.45, 7) is 0.770. The van der Waals surface area contributed by atoms with Crippen molar-refractivity contribution in [3.63, 3.8) is 0 Å². The quantitative estimate of drug-likeness (QED) is 0.661. The summed E-state index contributed by atoms with van der Waals surface area (Å²) in [5.74, 6) is 0.106. The van der Waals surface area contributed by atoms with E-state index in [2.05, 4.69) is 10.3 Å². The van der Waals surface area contributed by atoms with Gasteiger partial charge in [0, 0.05) is 35.5 Å². The monoisotopic (exact) mass is 415 g/mol. The number of hydrogen-bond donors (Lipinski definition) is 1. The summed E-state index contributed by atoms with van der Waals surface area (Å²) in [7, 11) is 0. The highest BCUT2D eigenvalue weighted by Gasteiger charge is 2.34. The van der Waals surface area contributed by atoms with E-state index in [0.717, 1.165) is 16.9 Å². The van der Waals surface area contributed by atoms with Crippen LogP contribution in [0.2, 0.25) is 5.02 Å². The molecule has 1 saturated heterocycles. The summed E-state index contributed by atoms with van der Waals surface area (Å²) in [5, 5.41) is 4.09. The molecule has 144 valence electrons. The average molecular weight is 416 g/mol. The number of carbonyl (C=O) groups is 2. The van der Waals surface area contributed by atoms with E-state index in [4.69, 9.17) is 16.0 Å². The molecule has 0 unspecified atom stereocenters. The van der Waals surface area contributed by atoms with Gasteiger partial charge < -0.3 is 14.6 Å². The second-order valence-electron chi connectivity index (χ2n) is 6.68. The molecule has 4 rings (SSSR count). The first-order valence-corrected chi connectivity index (χ1v) is 10.1. The number of aromatic nitrogens is 1. The molecule has 1 aromatic carbocycles. The zero-order valence-electron chi connectivity index (χ0n) is 14.9. The third-order valence-corrected chi connectivity index (χ3v) is 5.75. The molecule has 28 heavy (non-hydrogen) atoms. The largest absolute Gasteiger partial charge is 0.467 e. The normalized spacial score (nSPS) is 16.5.